The standard InChI is InChI=1S/C11H13Cl2NO2/c1-11(2,6-10(15)16)14-9-4-3-7(12)5-8(9)13/h3-5,14H,6H2,1-2H3,(H,15,16). The van der Waals surface area contributed by atoms with Crippen molar-refractivity contribution < 1.29 is 9.90 Å². The van der Waals surface area contributed by atoms with E-state index in [4.69, 9.17) is 28.3 Å². The van der Waals surface area contributed by atoms with E-state index in [2.05, 4.69) is 5.32 Å². The molecule has 2 N–H and O–H groups in total. The smallest absolute Gasteiger partial charge is 0.305 e. The van der Waals surface area contributed by atoms with Gasteiger partial charge in [0.1, 0.15) is 0 Å². The number of carboxylic acid groups (broad SMARTS) is 1. The van der Waals surface area contributed by atoms with Crippen molar-refractivity contribution in [3.05, 3.63) is 28.2 Å². The van der Waals surface area contributed by atoms with Crippen molar-refractivity contribution in [3.8, 4) is 0 Å². The van der Waals surface area contributed by atoms with Crippen LogP contribution in [-0.4, -0.2) is 16.6 Å². The molecule has 0 unspecified atom stereocenters. The molecule has 0 aliphatic carbocycles. The van der Waals surface area contributed by atoms with Gasteiger partial charge in [0.2, 0.25) is 0 Å². The highest BCUT2D eigenvalue weighted by molar-refractivity contribution is 6.36. The molecule has 0 aromatic heterocycles. The zero-order valence-corrected chi connectivity index (χ0v) is 10.6. The lowest BCUT2D eigenvalue weighted by molar-refractivity contribution is -0.137. The Hall–Kier alpha value is -0.930. The van der Waals surface area contributed by atoms with Crippen LogP contribution in [0, 0.1) is 0 Å². The van der Waals surface area contributed by atoms with E-state index < -0.39 is 11.5 Å². The summed E-state index contributed by atoms with van der Waals surface area (Å²) in [5, 5.41) is 12.8. The molecule has 0 heterocycles. The summed E-state index contributed by atoms with van der Waals surface area (Å²) >= 11 is 11.7. The maximum atomic E-state index is 10.7. The van der Waals surface area contributed by atoms with E-state index in [1.165, 1.54) is 0 Å². The van der Waals surface area contributed by atoms with Crippen LogP contribution in [0.15, 0.2) is 18.2 Å². The lowest BCUT2D eigenvalue weighted by atomic mass is 10.0. The summed E-state index contributed by atoms with van der Waals surface area (Å²) in [4.78, 5) is 10.7. The summed E-state index contributed by atoms with van der Waals surface area (Å²) < 4.78 is 0. The van der Waals surface area contributed by atoms with Gasteiger partial charge in [0.25, 0.3) is 0 Å². The summed E-state index contributed by atoms with van der Waals surface area (Å²) in [6, 6.07) is 5.04. The van der Waals surface area contributed by atoms with Gasteiger partial charge in [-0.15, -0.1) is 0 Å². The fourth-order valence-electron chi connectivity index (χ4n) is 1.38. The van der Waals surface area contributed by atoms with Crippen LogP contribution in [0.4, 0.5) is 5.69 Å². The number of anilines is 1. The maximum Gasteiger partial charge on any atom is 0.305 e. The molecule has 0 amide bonds. The van der Waals surface area contributed by atoms with Crippen LogP contribution in [-0.2, 0) is 4.79 Å². The minimum absolute atomic E-state index is 0.00591. The van der Waals surface area contributed by atoms with Crippen LogP contribution in [0.3, 0.4) is 0 Å². The van der Waals surface area contributed by atoms with Gasteiger partial charge in [0, 0.05) is 10.6 Å². The van der Waals surface area contributed by atoms with E-state index >= 15 is 0 Å². The zero-order chi connectivity index (χ0) is 12.3. The van der Waals surface area contributed by atoms with Crippen molar-refractivity contribution in [1.82, 2.24) is 0 Å². The summed E-state index contributed by atoms with van der Waals surface area (Å²) in [6.07, 6.45) is 0.00591. The van der Waals surface area contributed by atoms with Crippen LogP contribution in [0.2, 0.25) is 10.0 Å². The second kappa shape index (κ2) is 4.93. The number of hydrogen-bond acceptors (Lipinski definition) is 2. The molecule has 16 heavy (non-hydrogen) atoms. The van der Waals surface area contributed by atoms with E-state index in [0.717, 1.165) is 0 Å². The molecule has 1 rings (SSSR count). The Balaban J connectivity index is 2.83. The van der Waals surface area contributed by atoms with Crippen LogP contribution in [0.1, 0.15) is 20.3 Å². The molecule has 0 saturated heterocycles. The Kier molecular flexibility index (Phi) is 4.05. The van der Waals surface area contributed by atoms with E-state index in [0.29, 0.717) is 15.7 Å². The largest absolute Gasteiger partial charge is 0.481 e. The monoisotopic (exact) mass is 261 g/mol. The number of rotatable bonds is 4. The molecule has 0 radical (unpaired) electrons. The predicted molar refractivity (Wildman–Crippen MR) is 66.4 cm³/mol. The van der Waals surface area contributed by atoms with Crippen molar-refractivity contribution in [1.29, 1.82) is 0 Å². The summed E-state index contributed by atoms with van der Waals surface area (Å²) in [5.74, 6) is -0.859. The fourth-order valence-corrected chi connectivity index (χ4v) is 1.83. The second-order valence-corrected chi connectivity index (χ2v) is 5.05. The Labute approximate surface area is 104 Å². The molecule has 3 nitrogen and oxygen atoms in total. The molecule has 0 aliphatic rings. The molecule has 1 aromatic carbocycles. The Morgan fingerprint density at radius 2 is 2.06 bits per heavy atom. The van der Waals surface area contributed by atoms with Crippen molar-refractivity contribution in [2.24, 2.45) is 0 Å². The highest BCUT2D eigenvalue weighted by Crippen LogP contribution is 2.28. The Morgan fingerprint density at radius 1 is 1.44 bits per heavy atom. The first-order chi connectivity index (χ1) is 7.30. The average molecular weight is 262 g/mol. The topological polar surface area (TPSA) is 49.3 Å². The number of benzene rings is 1. The minimum Gasteiger partial charge on any atom is -0.481 e. The summed E-state index contributed by atoms with van der Waals surface area (Å²) in [6.45, 7) is 3.60. The van der Waals surface area contributed by atoms with E-state index in [1.54, 1.807) is 32.0 Å². The van der Waals surface area contributed by atoms with Gasteiger partial charge in [-0.25, -0.2) is 0 Å². The van der Waals surface area contributed by atoms with Gasteiger partial charge in [-0.3, -0.25) is 4.79 Å². The molecule has 1 aromatic rings. The summed E-state index contributed by atoms with van der Waals surface area (Å²) in [5.41, 5.74) is 0.112. The molecular formula is C11H13Cl2NO2. The Morgan fingerprint density at radius 3 is 2.56 bits per heavy atom. The molecule has 0 fully saturated rings. The summed E-state index contributed by atoms with van der Waals surface area (Å²) in [7, 11) is 0. The normalized spacial score (nSPS) is 11.2. The maximum absolute atomic E-state index is 10.7. The number of carboxylic acids is 1. The van der Waals surface area contributed by atoms with Gasteiger partial charge in [0.15, 0.2) is 0 Å². The zero-order valence-electron chi connectivity index (χ0n) is 9.05. The molecule has 0 spiro atoms. The quantitative estimate of drug-likeness (QED) is 0.870. The second-order valence-electron chi connectivity index (χ2n) is 4.20. The first-order valence-electron chi connectivity index (χ1n) is 4.75. The Bertz CT molecular complexity index is 405. The third-order valence-electron chi connectivity index (χ3n) is 2.00. The van der Waals surface area contributed by atoms with Crippen LogP contribution in [0.25, 0.3) is 0 Å². The van der Waals surface area contributed by atoms with E-state index in [-0.39, 0.29) is 6.42 Å². The van der Waals surface area contributed by atoms with Gasteiger partial charge in [-0.2, -0.15) is 0 Å². The third-order valence-corrected chi connectivity index (χ3v) is 2.55. The number of halogens is 2. The molecule has 0 atom stereocenters. The molecule has 0 aliphatic heterocycles. The van der Waals surface area contributed by atoms with Gasteiger partial charge in [0.05, 0.1) is 17.1 Å². The average Bonchev–Trinajstić information content (AvgIpc) is 2.07. The first-order valence-corrected chi connectivity index (χ1v) is 5.51. The van der Waals surface area contributed by atoms with Gasteiger partial charge in [-0.1, -0.05) is 23.2 Å². The van der Waals surface area contributed by atoms with E-state index in [1.807, 2.05) is 0 Å². The number of aliphatic carboxylic acids is 1. The van der Waals surface area contributed by atoms with Crippen molar-refractivity contribution >= 4 is 34.9 Å². The number of carbonyl (C=O) groups is 1. The van der Waals surface area contributed by atoms with Crippen LogP contribution in [0.5, 0.6) is 0 Å². The van der Waals surface area contributed by atoms with Gasteiger partial charge in [-0.05, 0) is 32.0 Å². The third kappa shape index (κ3) is 3.91. The molecule has 0 saturated carbocycles. The highest BCUT2D eigenvalue weighted by atomic mass is 35.5. The number of nitrogens with one attached hydrogen (secondary N) is 1. The van der Waals surface area contributed by atoms with Crippen molar-refractivity contribution in [2.45, 2.75) is 25.8 Å². The lowest BCUT2D eigenvalue weighted by Crippen LogP contribution is -2.33. The molecular weight excluding hydrogens is 249 g/mol. The van der Waals surface area contributed by atoms with Crippen LogP contribution >= 0.6 is 23.2 Å². The van der Waals surface area contributed by atoms with Crippen molar-refractivity contribution in [2.75, 3.05) is 5.32 Å². The fraction of sp³-hybridized carbons (Fsp3) is 0.364. The predicted octanol–water partition coefficient (Wildman–Crippen LogP) is 3.66. The van der Waals surface area contributed by atoms with Gasteiger partial charge >= 0.3 is 5.97 Å². The lowest BCUT2D eigenvalue weighted by Gasteiger charge is -2.26. The van der Waals surface area contributed by atoms with Crippen molar-refractivity contribution in [3.63, 3.8) is 0 Å². The molecule has 88 valence electrons. The van der Waals surface area contributed by atoms with Gasteiger partial charge < -0.3 is 10.4 Å². The molecule has 0 bridgehead atoms. The van der Waals surface area contributed by atoms with E-state index in [9.17, 15) is 4.79 Å². The van der Waals surface area contributed by atoms with Crippen LogP contribution < -0.4 is 5.32 Å². The number of hydrogen-bond donors (Lipinski definition) is 2. The highest BCUT2D eigenvalue weighted by Gasteiger charge is 2.22. The SMILES string of the molecule is CC(C)(CC(=O)O)Nc1ccc(Cl)cc1Cl. The minimum atomic E-state index is -0.859. The first kappa shape index (κ1) is 13.1. The molecule has 5 heteroatoms.